The van der Waals surface area contributed by atoms with Crippen molar-refractivity contribution in [2.45, 2.75) is 90.5 Å². The minimum Gasteiger partial charge on any atom is -0.292 e. The lowest BCUT2D eigenvalue weighted by molar-refractivity contribution is 0.144. The molecule has 0 aliphatic heterocycles. The summed E-state index contributed by atoms with van der Waals surface area (Å²) in [6, 6.07) is 10.5. The van der Waals surface area contributed by atoms with Crippen LogP contribution in [-0.2, 0) is 4.84 Å². The molecule has 0 unspecified atom stereocenters. The number of hydrogen-bond donors (Lipinski definition) is 0. The molecular weight excluding hydrogens is 310 g/mol. The van der Waals surface area contributed by atoms with Crippen LogP contribution in [0.15, 0.2) is 30.3 Å². The number of para-hydroxylation sites is 1. The van der Waals surface area contributed by atoms with Gasteiger partial charge in [-0.2, -0.15) is 0 Å². The van der Waals surface area contributed by atoms with Crippen LogP contribution in [-0.4, -0.2) is 16.3 Å². The largest absolute Gasteiger partial charge is 0.292 e. The highest BCUT2D eigenvalue weighted by Gasteiger charge is 2.03. The summed E-state index contributed by atoms with van der Waals surface area (Å²) in [7, 11) is -0.321. The quantitative estimate of drug-likeness (QED) is 0.198. The van der Waals surface area contributed by atoms with E-state index in [4.69, 9.17) is 4.84 Å². The molecule has 0 saturated carbocycles. The molecule has 3 heteroatoms. The van der Waals surface area contributed by atoms with Gasteiger partial charge < -0.3 is 0 Å². The number of unbranched alkanes of at least 4 members (excludes halogenated alkanes) is 11. The van der Waals surface area contributed by atoms with Crippen molar-refractivity contribution >= 4 is 15.4 Å². The van der Waals surface area contributed by atoms with Gasteiger partial charge >= 0.3 is 0 Å². The molecule has 24 heavy (non-hydrogen) atoms. The van der Waals surface area contributed by atoms with E-state index in [0.29, 0.717) is 0 Å². The van der Waals surface area contributed by atoms with Gasteiger partial charge in [-0.15, -0.1) is 0 Å². The predicted octanol–water partition coefficient (Wildman–Crippen LogP) is 6.26. The van der Waals surface area contributed by atoms with Gasteiger partial charge in [0, 0.05) is 0 Å². The van der Waals surface area contributed by atoms with E-state index in [0.717, 1.165) is 6.61 Å². The van der Waals surface area contributed by atoms with E-state index in [2.05, 4.69) is 48.5 Å². The van der Waals surface area contributed by atoms with Crippen molar-refractivity contribution < 1.29 is 4.84 Å². The zero-order valence-electron chi connectivity index (χ0n) is 16.1. The molecule has 1 aromatic carbocycles. The third kappa shape index (κ3) is 10.9. The van der Waals surface area contributed by atoms with Gasteiger partial charge in [-0.1, -0.05) is 102 Å². The number of benzene rings is 1. The van der Waals surface area contributed by atoms with Crippen molar-refractivity contribution in [3.8, 4) is 0 Å². The van der Waals surface area contributed by atoms with E-state index in [9.17, 15) is 0 Å². The smallest absolute Gasteiger partial charge is 0.157 e. The Morgan fingerprint density at radius 1 is 0.750 bits per heavy atom. The number of hydrogen-bond acceptors (Lipinski definition) is 2. The summed E-state index contributed by atoms with van der Waals surface area (Å²) in [5.74, 6) is 0. The lowest BCUT2D eigenvalue weighted by Gasteiger charge is -2.22. The molecule has 1 rings (SSSR count). The summed E-state index contributed by atoms with van der Waals surface area (Å²) in [4.78, 5) is 5.96. The van der Waals surface area contributed by atoms with Crippen molar-refractivity contribution in [3.63, 3.8) is 0 Å². The molecule has 1 aromatic rings. The van der Waals surface area contributed by atoms with Gasteiger partial charge in [-0.05, 0) is 18.6 Å². The second kappa shape index (κ2) is 15.7. The highest BCUT2D eigenvalue weighted by Crippen LogP contribution is 2.14. The predicted molar refractivity (Wildman–Crippen MR) is 110 cm³/mol. The van der Waals surface area contributed by atoms with E-state index in [1.807, 2.05) is 0 Å². The van der Waals surface area contributed by atoms with Gasteiger partial charge in [0.1, 0.15) is 0 Å². The van der Waals surface area contributed by atoms with Crippen LogP contribution in [0.4, 0.5) is 5.69 Å². The Hall–Kier alpha value is -0.803. The van der Waals surface area contributed by atoms with Crippen LogP contribution in [0.3, 0.4) is 0 Å². The molecule has 0 fully saturated rings. The Kier molecular flexibility index (Phi) is 13.9. The molecule has 0 aliphatic rings. The maximum absolute atomic E-state index is 5.96. The summed E-state index contributed by atoms with van der Waals surface area (Å²) in [5.41, 5.74) is 1.21. The molecule has 0 atom stereocenters. The van der Waals surface area contributed by atoms with Crippen LogP contribution < -0.4 is 4.73 Å². The van der Waals surface area contributed by atoms with Crippen LogP contribution in [0.1, 0.15) is 84.0 Å². The van der Waals surface area contributed by atoms with Gasteiger partial charge in [0.15, 0.2) is 9.68 Å². The molecule has 0 saturated heterocycles. The first kappa shape index (κ1) is 21.2. The Bertz CT molecular complexity index is 371. The van der Waals surface area contributed by atoms with E-state index >= 15 is 0 Å². The van der Waals surface area contributed by atoms with Crippen LogP contribution in [0.25, 0.3) is 0 Å². The van der Waals surface area contributed by atoms with Crippen LogP contribution >= 0.6 is 0 Å². The Morgan fingerprint density at radius 3 is 1.75 bits per heavy atom. The molecule has 2 nitrogen and oxygen atoms in total. The third-order valence-electron chi connectivity index (χ3n) is 4.58. The summed E-state index contributed by atoms with van der Waals surface area (Å²) in [6.45, 7) is 5.43. The first-order valence-corrected chi connectivity index (χ1v) is 12.4. The van der Waals surface area contributed by atoms with Crippen molar-refractivity contribution in [2.75, 3.05) is 11.3 Å². The molecule has 0 spiro atoms. The average molecular weight is 350 g/mol. The van der Waals surface area contributed by atoms with Gasteiger partial charge in [0.05, 0.1) is 12.3 Å². The summed E-state index contributed by atoms with van der Waals surface area (Å²) < 4.78 is 2.14. The molecule has 0 bridgehead atoms. The average Bonchev–Trinajstić information content (AvgIpc) is 2.63. The number of nitrogens with zero attached hydrogens (tertiary/aromatic N) is 1. The zero-order valence-corrected chi connectivity index (χ0v) is 17.6. The second-order valence-electron chi connectivity index (χ2n) is 6.75. The topological polar surface area (TPSA) is 12.5 Å². The van der Waals surface area contributed by atoms with Crippen LogP contribution in [0.2, 0.25) is 6.55 Å². The summed E-state index contributed by atoms with van der Waals surface area (Å²) in [5, 5.41) is 0. The Balaban J connectivity index is 1.88. The molecule has 0 heterocycles. The molecule has 0 N–H and O–H groups in total. The zero-order chi connectivity index (χ0) is 17.3. The van der Waals surface area contributed by atoms with Gasteiger partial charge in [-0.3, -0.25) is 9.57 Å². The molecule has 0 amide bonds. The molecule has 0 radical (unpaired) electrons. The van der Waals surface area contributed by atoms with E-state index in [1.54, 1.807) is 0 Å². The molecular formula is C21H39NOSi. The summed E-state index contributed by atoms with van der Waals surface area (Å²) >= 11 is 0. The first-order valence-electron chi connectivity index (χ1n) is 10.3. The van der Waals surface area contributed by atoms with E-state index < -0.39 is 0 Å². The van der Waals surface area contributed by atoms with Crippen LogP contribution in [0, 0.1) is 0 Å². The van der Waals surface area contributed by atoms with Gasteiger partial charge in [-0.25, -0.2) is 0 Å². The normalized spacial score (nSPS) is 11.4. The lowest BCUT2D eigenvalue weighted by Crippen LogP contribution is -2.26. The lowest BCUT2D eigenvalue weighted by atomic mass is 10.1. The molecule has 0 aromatic heterocycles. The SMILES string of the molecule is CCCCCCCCCCCCCCON([SiH2]C)c1ccccc1. The van der Waals surface area contributed by atoms with Gasteiger partial charge in [0.25, 0.3) is 0 Å². The molecule has 0 aliphatic carbocycles. The fourth-order valence-corrected chi connectivity index (χ4v) is 3.95. The molecule has 138 valence electrons. The van der Waals surface area contributed by atoms with Crippen LogP contribution in [0.5, 0.6) is 0 Å². The highest BCUT2D eigenvalue weighted by atomic mass is 28.2. The van der Waals surface area contributed by atoms with E-state index in [1.165, 1.54) is 82.7 Å². The van der Waals surface area contributed by atoms with Crippen molar-refractivity contribution in [1.29, 1.82) is 0 Å². The Labute approximate surface area is 152 Å². The minimum absolute atomic E-state index is 0.321. The summed E-state index contributed by atoms with van der Waals surface area (Å²) in [6.07, 6.45) is 16.7. The number of anilines is 1. The van der Waals surface area contributed by atoms with Crippen molar-refractivity contribution in [3.05, 3.63) is 30.3 Å². The van der Waals surface area contributed by atoms with Gasteiger partial charge in [0.2, 0.25) is 0 Å². The fourth-order valence-electron chi connectivity index (χ4n) is 3.06. The maximum Gasteiger partial charge on any atom is 0.157 e. The number of rotatable bonds is 16. The van der Waals surface area contributed by atoms with Crippen molar-refractivity contribution in [1.82, 2.24) is 0 Å². The maximum atomic E-state index is 5.96. The second-order valence-corrected chi connectivity index (χ2v) is 7.96. The monoisotopic (exact) mass is 349 g/mol. The van der Waals surface area contributed by atoms with E-state index in [-0.39, 0.29) is 9.68 Å². The first-order chi connectivity index (χ1) is 11.9. The highest BCUT2D eigenvalue weighted by molar-refractivity contribution is 6.38. The van der Waals surface area contributed by atoms with Crippen molar-refractivity contribution in [2.24, 2.45) is 0 Å². The Morgan fingerprint density at radius 2 is 1.25 bits per heavy atom. The fraction of sp³-hybridized carbons (Fsp3) is 0.714. The standard InChI is InChI=1S/C21H39NOSi/c1-3-4-5-6-7-8-9-10-11-12-13-17-20-23-22(24-2)21-18-15-14-16-19-21/h14-16,18-19H,3-13,17,20,24H2,1-2H3. The minimum atomic E-state index is -0.321. The third-order valence-corrected chi connectivity index (χ3v) is 5.70.